The minimum Gasteiger partial charge on any atom is -0.396 e. The Morgan fingerprint density at radius 3 is 2.18 bits per heavy atom. The van der Waals surface area contributed by atoms with Crippen LogP contribution in [0.5, 0.6) is 0 Å². The molecule has 0 unspecified atom stereocenters. The van der Waals surface area contributed by atoms with Crippen LogP contribution in [-0.4, -0.2) is 17.5 Å². The van der Waals surface area contributed by atoms with Gasteiger partial charge >= 0.3 is 0 Å². The minimum atomic E-state index is -0.358. The van der Waals surface area contributed by atoms with Crippen LogP contribution in [0.15, 0.2) is 0 Å². The van der Waals surface area contributed by atoms with Crippen LogP contribution < -0.4 is 0 Å². The lowest BCUT2D eigenvalue weighted by Gasteiger charge is -2.23. The molecule has 0 aromatic carbocycles. The summed E-state index contributed by atoms with van der Waals surface area (Å²) in [4.78, 5) is 11.4. The van der Waals surface area contributed by atoms with Crippen LogP contribution in [0, 0.1) is 11.3 Å². The van der Waals surface area contributed by atoms with E-state index in [4.69, 9.17) is 5.11 Å². The van der Waals surface area contributed by atoms with E-state index in [0.717, 1.165) is 0 Å². The van der Waals surface area contributed by atoms with Gasteiger partial charge in [-0.15, -0.1) is 0 Å². The molecule has 0 heterocycles. The molecule has 0 rings (SSSR count). The van der Waals surface area contributed by atoms with E-state index in [1.165, 1.54) is 0 Å². The maximum atomic E-state index is 11.4. The summed E-state index contributed by atoms with van der Waals surface area (Å²) in [5, 5.41) is 8.68. The Labute approximate surface area is 68.6 Å². The van der Waals surface area contributed by atoms with Gasteiger partial charge in [0.25, 0.3) is 0 Å². The number of aliphatic hydroxyl groups excluding tert-OH is 1. The van der Waals surface area contributed by atoms with Crippen molar-refractivity contribution < 1.29 is 9.90 Å². The van der Waals surface area contributed by atoms with Crippen molar-refractivity contribution in [3.63, 3.8) is 0 Å². The van der Waals surface area contributed by atoms with Gasteiger partial charge < -0.3 is 5.11 Å². The third-order valence-corrected chi connectivity index (χ3v) is 1.93. The van der Waals surface area contributed by atoms with Gasteiger partial charge in [-0.25, -0.2) is 0 Å². The molecule has 0 fully saturated rings. The van der Waals surface area contributed by atoms with Gasteiger partial charge in [0.15, 0.2) is 0 Å². The second kappa shape index (κ2) is 3.86. The lowest BCUT2D eigenvalue weighted by Crippen LogP contribution is -2.29. The molecule has 2 heteroatoms. The summed E-state index contributed by atoms with van der Waals surface area (Å²) in [6, 6.07) is 0. The summed E-state index contributed by atoms with van der Waals surface area (Å²) in [6.07, 6.45) is 0.560. The molecule has 0 aliphatic rings. The number of hydrogen-bond donors (Lipinski definition) is 1. The molecule has 0 saturated heterocycles. The monoisotopic (exact) mass is 158 g/mol. The molecule has 0 atom stereocenters. The molecular formula is C9H18O2. The highest BCUT2D eigenvalue weighted by Gasteiger charge is 2.28. The average Bonchev–Trinajstić information content (AvgIpc) is 1.86. The van der Waals surface area contributed by atoms with Crippen molar-refractivity contribution in [3.05, 3.63) is 0 Å². The fraction of sp³-hybridized carbons (Fsp3) is 0.889. The summed E-state index contributed by atoms with van der Waals surface area (Å²) in [7, 11) is 0. The van der Waals surface area contributed by atoms with Crippen molar-refractivity contribution in [2.45, 2.75) is 34.1 Å². The molecule has 0 aromatic rings. The number of hydrogen-bond acceptors (Lipinski definition) is 2. The Morgan fingerprint density at radius 1 is 1.45 bits per heavy atom. The van der Waals surface area contributed by atoms with Crippen molar-refractivity contribution in [3.8, 4) is 0 Å². The first-order chi connectivity index (χ1) is 4.91. The van der Waals surface area contributed by atoms with Gasteiger partial charge in [-0.3, -0.25) is 4.79 Å². The molecule has 0 aliphatic carbocycles. The Kier molecular flexibility index (Phi) is 3.73. The Morgan fingerprint density at radius 2 is 1.91 bits per heavy atom. The van der Waals surface area contributed by atoms with E-state index in [0.29, 0.717) is 6.42 Å². The predicted molar refractivity (Wildman–Crippen MR) is 45.3 cm³/mol. The molecule has 0 radical (unpaired) electrons. The molecule has 11 heavy (non-hydrogen) atoms. The zero-order valence-corrected chi connectivity index (χ0v) is 7.85. The number of carbonyl (C=O) groups is 1. The fourth-order valence-electron chi connectivity index (χ4n) is 1.18. The molecule has 0 aromatic heterocycles. The summed E-state index contributed by atoms with van der Waals surface area (Å²) in [6.45, 7) is 7.63. The average molecular weight is 158 g/mol. The number of carbonyl (C=O) groups excluding carboxylic acids is 1. The smallest absolute Gasteiger partial charge is 0.141 e. The van der Waals surface area contributed by atoms with Crippen molar-refractivity contribution in [2.24, 2.45) is 11.3 Å². The molecule has 66 valence electrons. The highest BCUT2D eigenvalue weighted by Crippen LogP contribution is 2.24. The first-order valence-electron chi connectivity index (χ1n) is 4.07. The van der Waals surface area contributed by atoms with Gasteiger partial charge in [0.1, 0.15) is 5.78 Å². The van der Waals surface area contributed by atoms with E-state index < -0.39 is 0 Å². The topological polar surface area (TPSA) is 37.3 Å². The van der Waals surface area contributed by atoms with E-state index in [2.05, 4.69) is 0 Å². The zero-order chi connectivity index (χ0) is 9.07. The lowest BCUT2D eigenvalue weighted by atomic mass is 9.80. The molecule has 0 bridgehead atoms. The van der Waals surface area contributed by atoms with Crippen LogP contribution in [0.3, 0.4) is 0 Å². The van der Waals surface area contributed by atoms with Crippen molar-refractivity contribution in [1.82, 2.24) is 0 Å². The molecule has 0 aliphatic heterocycles. The SMILES string of the molecule is CC(C)C(=O)C(C)(C)CCO. The van der Waals surface area contributed by atoms with E-state index in [9.17, 15) is 4.79 Å². The van der Waals surface area contributed by atoms with E-state index in [1.807, 2.05) is 27.7 Å². The maximum absolute atomic E-state index is 11.4. The van der Waals surface area contributed by atoms with Crippen LogP contribution in [0.25, 0.3) is 0 Å². The highest BCUT2D eigenvalue weighted by atomic mass is 16.3. The van der Waals surface area contributed by atoms with Crippen molar-refractivity contribution in [1.29, 1.82) is 0 Å². The summed E-state index contributed by atoms with van der Waals surface area (Å²) in [5.41, 5.74) is -0.358. The van der Waals surface area contributed by atoms with Gasteiger partial charge in [-0.1, -0.05) is 27.7 Å². The third kappa shape index (κ3) is 3.02. The number of aliphatic hydroxyl groups is 1. The normalized spacial score (nSPS) is 12.2. The predicted octanol–water partition coefficient (Wildman–Crippen LogP) is 1.62. The number of rotatable bonds is 4. The van der Waals surface area contributed by atoms with E-state index in [1.54, 1.807) is 0 Å². The maximum Gasteiger partial charge on any atom is 0.141 e. The Hall–Kier alpha value is -0.370. The highest BCUT2D eigenvalue weighted by molar-refractivity contribution is 5.85. The fourth-order valence-corrected chi connectivity index (χ4v) is 1.18. The standard InChI is InChI=1S/C9H18O2/c1-7(2)8(11)9(3,4)5-6-10/h7,10H,5-6H2,1-4H3. The van der Waals surface area contributed by atoms with Crippen LogP contribution in [0.1, 0.15) is 34.1 Å². The summed E-state index contributed by atoms with van der Waals surface area (Å²) >= 11 is 0. The quantitative estimate of drug-likeness (QED) is 0.675. The molecule has 0 saturated carbocycles. The molecule has 2 nitrogen and oxygen atoms in total. The summed E-state index contributed by atoms with van der Waals surface area (Å²) in [5.74, 6) is 0.295. The second-order valence-electron chi connectivity index (χ2n) is 3.88. The van der Waals surface area contributed by atoms with Crippen LogP contribution in [-0.2, 0) is 4.79 Å². The van der Waals surface area contributed by atoms with Crippen LogP contribution in [0.4, 0.5) is 0 Å². The minimum absolute atomic E-state index is 0.0662. The van der Waals surface area contributed by atoms with E-state index in [-0.39, 0.29) is 23.7 Å². The van der Waals surface area contributed by atoms with Crippen molar-refractivity contribution >= 4 is 5.78 Å². The molecule has 1 N–H and O–H groups in total. The molecule has 0 spiro atoms. The number of Topliss-reactive ketones (excluding diaryl/α,β-unsaturated/α-hetero) is 1. The van der Waals surface area contributed by atoms with Gasteiger partial charge in [0.05, 0.1) is 0 Å². The van der Waals surface area contributed by atoms with Crippen LogP contribution in [0.2, 0.25) is 0 Å². The van der Waals surface area contributed by atoms with Gasteiger partial charge in [-0.05, 0) is 6.42 Å². The largest absolute Gasteiger partial charge is 0.396 e. The van der Waals surface area contributed by atoms with E-state index >= 15 is 0 Å². The van der Waals surface area contributed by atoms with Crippen LogP contribution >= 0.6 is 0 Å². The first-order valence-corrected chi connectivity index (χ1v) is 4.07. The molecule has 0 amide bonds. The lowest BCUT2D eigenvalue weighted by molar-refractivity contribution is -0.130. The first kappa shape index (κ1) is 10.6. The zero-order valence-electron chi connectivity index (χ0n) is 7.85. The Balaban J connectivity index is 4.17. The van der Waals surface area contributed by atoms with Gasteiger partial charge in [0, 0.05) is 17.9 Å². The third-order valence-electron chi connectivity index (χ3n) is 1.93. The molecular weight excluding hydrogens is 140 g/mol. The van der Waals surface area contributed by atoms with Crippen molar-refractivity contribution in [2.75, 3.05) is 6.61 Å². The second-order valence-corrected chi connectivity index (χ2v) is 3.88. The van der Waals surface area contributed by atoms with Gasteiger partial charge in [-0.2, -0.15) is 0 Å². The van der Waals surface area contributed by atoms with Gasteiger partial charge in [0.2, 0.25) is 0 Å². The summed E-state index contributed by atoms with van der Waals surface area (Å²) < 4.78 is 0. The number of ketones is 1. The Bertz CT molecular complexity index is 136.